The number of alkyl halides is 3. The molecule has 0 radical (unpaired) electrons. The van der Waals surface area contributed by atoms with Crippen molar-refractivity contribution in [2.75, 3.05) is 20.1 Å². The number of carbonyl (C=O) groups is 1. The Bertz CT molecular complexity index is 619. The SMILES string of the molecule is C[N+]1(Cc2ccccc2)CCC(=O)CC1.O=S(=O)([O-])C(F)(F)F. The van der Waals surface area contributed by atoms with Crippen molar-refractivity contribution in [3.63, 3.8) is 0 Å². The summed E-state index contributed by atoms with van der Waals surface area (Å²) in [7, 11) is -3.84. The number of likely N-dealkylation sites (tertiary alicyclic amines) is 1. The zero-order valence-corrected chi connectivity index (χ0v) is 13.4. The molecule has 1 heterocycles. The van der Waals surface area contributed by atoms with Gasteiger partial charge in [0.1, 0.15) is 12.3 Å². The van der Waals surface area contributed by atoms with Gasteiger partial charge in [0.2, 0.25) is 0 Å². The zero-order valence-electron chi connectivity index (χ0n) is 12.5. The van der Waals surface area contributed by atoms with Crippen molar-refractivity contribution in [1.82, 2.24) is 0 Å². The number of ketones is 1. The fraction of sp³-hybridized carbons (Fsp3) is 0.500. The first-order valence-electron chi connectivity index (χ1n) is 6.84. The van der Waals surface area contributed by atoms with Gasteiger partial charge in [-0.15, -0.1) is 0 Å². The maximum absolute atomic E-state index is 11.2. The summed E-state index contributed by atoms with van der Waals surface area (Å²) in [6.07, 6.45) is 1.51. The summed E-state index contributed by atoms with van der Waals surface area (Å²) >= 11 is 0. The highest BCUT2D eigenvalue weighted by atomic mass is 32.2. The Kier molecular flexibility index (Phi) is 6.32. The van der Waals surface area contributed by atoms with Gasteiger partial charge >= 0.3 is 5.51 Å². The molecule has 0 bridgehead atoms. The van der Waals surface area contributed by atoms with Gasteiger partial charge in [-0.05, 0) is 0 Å². The molecule has 130 valence electrons. The minimum Gasteiger partial charge on any atom is -0.741 e. The minimum absolute atomic E-state index is 0.429. The van der Waals surface area contributed by atoms with Crippen LogP contribution in [0.5, 0.6) is 0 Å². The molecule has 9 heteroatoms. The van der Waals surface area contributed by atoms with Crippen LogP contribution >= 0.6 is 0 Å². The van der Waals surface area contributed by atoms with Crippen molar-refractivity contribution < 1.29 is 35.4 Å². The van der Waals surface area contributed by atoms with Crippen LogP contribution in [0.4, 0.5) is 13.2 Å². The van der Waals surface area contributed by atoms with E-state index in [0.717, 1.165) is 37.0 Å². The number of Topliss-reactive ketones (excluding diaryl/α,β-unsaturated/α-hetero) is 1. The molecule has 1 fully saturated rings. The lowest BCUT2D eigenvalue weighted by atomic mass is 10.1. The van der Waals surface area contributed by atoms with Gasteiger partial charge in [-0.1, -0.05) is 30.3 Å². The van der Waals surface area contributed by atoms with E-state index in [0.29, 0.717) is 5.78 Å². The van der Waals surface area contributed by atoms with Crippen LogP contribution in [0.1, 0.15) is 18.4 Å². The molecule has 0 amide bonds. The van der Waals surface area contributed by atoms with Crippen molar-refractivity contribution in [1.29, 1.82) is 0 Å². The molecular formula is C14H18F3NO4S. The molecular weight excluding hydrogens is 335 g/mol. The van der Waals surface area contributed by atoms with E-state index in [-0.39, 0.29) is 0 Å². The molecule has 0 unspecified atom stereocenters. The van der Waals surface area contributed by atoms with Gasteiger partial charge in [-0.25, -0.2) is 8.42 Å². The fourth-order valence-corrected chi connectivity index (χ4v) is 2.21. The van der Waals surface area contributed by atoms with E-state index in [1.807, 2.05) is 6.07 Å². The average molecular weight is 353 g/mol. The summed E-state index contributed by atoms with van der Waals surface area (Å²) in [6.45, 7) is 3.04. The van der Waals surface area contributed by atoms with Crippen LogP contribution in [0.3, 0.4) is 0 Å². The van der Waals surface area contributed by atoms with E-state index in [9.17, 15) is 18.0 Å². The summed E-state index contributed by atoms with van der Waals surface area (Å²) in [5.74, 6) is 0.429. The predicted molar refractivity (Wildman–Crippen MR) is 76.1 cm³/mol. The number of nitrogens with zero attached hydrogens (tertiary/aromatic N) is 1. The van der Waals surface area contributed by atoms with Gasteiger partial charge in [0.25, 0.3) is 0 Å². The lowest BCUT2D eigenvalue weighted by Crippen LogP contribution is -2.49. The van der Waals surface area contributed by atoms with Crippen molar-refractivity contribution in [2.24, 2.45) is 0 Å². The molecule has 1 aromatic carbocycles. The molecule has 23 heavy (non-hydrogen) atoms. The number of quaternary nitrogens is 1. The normalized spacial score (nSPS) is 18.0. The lowest BCUT2D eigenvalue weighted by Gasteiger charge is -2.37. The van der Waals surface area contributed by atoms with Crippen LogP contribution < -0.4 is 0 Å². The number of benzene rings is 1. The summed E-state index contributed by atoms with van der Waals surface area (Å²) in [4.78, 5) is 11.2. The lowest BCUT2D eigenvalue weighted by molar-refractivity contribution is -0.923. The smallest absolute Gasteiger partial charge is 0.485 e. The van der Waals surface area contributed by atoms with Gasteiger partial charge in [0.05, 0.1) is 33.0 Å². The fourth-order valence-electron chi connectivity index (χ4n) is 2.21. The first-order valence-corrected chi connectivity index (χ1v) is 8.25. The Labute approximate surface area is 133 Å². The van der Waals surface area contributed by atoms with Gasteiger partial charge in [0.15, 0.2) is 10.1 Å². The van der Waals surface area contributed by atoms with E-state index in [4.69, 9.17) is 13.0 Å². The van der Waals surface area contributed by atoms with Gasteiger partial charge in [-0.3, -0.25) is 4.79 Å². The van der Waals surface area contributed by atoms with E-state index < -0.39 is 15.6 Å². The van der Waals surface area contributed by atoms with E-state index >= 15 is 0 Å². The molecule has 0 saturated carbocycles. The molecule has 1 aliphatic rings. The zero-order chi connectivity index (χ0) is 17.7. The molecule has 1 aliphatic heterocycles. The maximum atomic E-state index is 11.2. The molecule has 0 spiro atoms. The van der Waals surface area contributed by atoms with Crippen LogP contribution in [-0.4, -0.2) is 48.9 Å². The Balaban J connectivity index is 0.000000284. The summed E-state index contributed by atoms with van der Waals surface area (Å²) in [6, 6.07) is 10.5. The molecule has 2 rings (SSSR count). The van der Waals surface area contributed by atoms with Crippen molar-refractivity contribution in [3.8, 4) is 0 Å². The van der Waals surface area contributed by atoms with Crippen LogP contribution in [0, 0.1) is 0 Å². The number of rotatable bonds is 2. The van der Waals surface area contributed by atoms with Gasteiger partial charge in [-0.2, -0.15) is 13.2 Å². The summed E-state index contributed by atoms with van der Waals surface area (Å²) in [5, 5.41) is 0. The average Bonchev–Trinajstić information content (AvgIpc) is 2.42. The van der Waals surface area contributed by atoms with Crippen molar-refractivity contribution in [3.05, 3.63) is 35.9 Å². The molecule has 0 aromatic heterocycles. The monoisotopic (exact) mass is 353 g/mol. The summed E-state index contributed by atoms with van der Waals surface area (Å²) < 4.78 is 59.9. The highest BCUT2D eigenvalue weighted by molar-refractivity contribution is 7.86. The predicted octanol–water partition coefficient (Wildman–Crippen LogP) is 2.05. The topological polar surface area (TPSA) is 74.3 Å². The Morgan fingerprint density at radius 3 is 1.96 bits per heavy atom. The van der Waals surface area contributed by atoms with Crippen molar-refractivity contribution >= 4 is 15.9 Å². The third-order valence-corrected chi connectivity index (χ3v) is 4.12. The number of piperidine rings is 1. The highest BCUT2D eigenvalue weighted by Gasteiger charge is 2.36. The standard InChI is InChI=1S/C13H18NO.CHF3O3S/c1-14(9-7-13(15)8-10-14)11-12-5-3-2-4-6-12;2-1(3,4)8(5,6)7/h2-6H,7-11H2,1H3;(H,5,6,7)/q+1;/p-1. The maximum Gasteiger partial charge on any atom is 0.485 e. The molecule has 1 aromatic rings. The molecule has 0 N–H and O–H groups in total. The third kappa shape index (κ3) is 6.67. The largest absolute Gasteiger partial charge is 0.741 e. The van der Waals surface area contributed by atoms with Crippen LogP contribution in [-0.2, 0) is 21.5 Å². The Morgan fingerprint density at radius 1 is 1.13 bits per heavy atom. The quantitative estimate of drug-likeness (QED) is 0.463. The number of hydrogen-bond acceptors (Lipinski definition) is 4. The first-order chi connectivity index (χ1) is 10.4. The van der Waals surface area contributed by atoms with Crippen molar-refractivity contribution in [2.45, 2.75) is 24.9 Å². The second-order valence-corrected chi connectivity index (χ2v) is 7.02. The van der Waals surface area contributed by atoms with Crippen LogP contribution in [0.25, 0.3) is 0 Å². The van der Waals surface area contributed by atoms with Crippen LogP contribution in [0.15, 0.2) is 30.3 Å². The van der Waals surface area contributed by atoms with E-state index in [1.54, 1.807) is 0 Å². The second-order valence-electron chi connectivity index (χ2n) is 5.65. The minimum atomic E-state index is -6.09. The number of hydrogen-bond donors (Lipinski definition) is 0. The number of carbonyl (C=O) groups excluding carboxylic acids is 1. The van der Waals surface area contributed by atoms with E-state index in [2.05, 4.69) is 31.3 Å². The second kappa shape index (κ2) is 7.41. The summed E-state index contributed by atoms with van der Waals surface area (Å²) in [5.41, 5.74) is -4.28. The molecule has 0 aliphatic carbocycles. The molecule has 1 saturated heterocycles. The van der Waals surface area contributed by atoms with Gasteiger partial charge < -0.3 is 9.04 Å². The third-order valence-electron chi connectivity index (χ3n) is 3.55. The van der Waals surface area contributed by atoms with Gasteiger partial charge in [0, 0.05) is 5.56 Å². The number of halogens is 3. The van der Waals surface area contributed by atoms with Crippen LogP contribution in [0.2, 0.25) is 0 Å². The Morgan fingerprint density at radius 2 is 1.57 bits per heavy atom. The Hall–Kier alpha value is -1.45. The molecule has 0 atom stereocenters. The van der Waals surface area contributed by atoms with E-state index in [1.165, 1.54) is 5.56 Å². The highest BCUT2D eigenvalue weighted by Crippen LogP contribution is 2.20. The molecule has 5 nitrogen and oxygen atoms in total. The first kappa shape index (κ1) is 19.6.